The Morgan fingerprint density at radius 3 is 1.86 bits per heavy atom. The molecule has 2 bridgehead atoms. The maximum absolute atomic E-state index is 2.68. The fourth-order valence-electron chi connectivity index (χ4n) is 3.13. The van der Waals surface area contributed by atoms with Crippen LogP contribution in [0.1, 0.15) is 40.5 Å². The Morgan fingerprint density at radius 1 is 1.00 bits per heavy atom. The van der Waals surface area contributed by atoms with Crippen LogP contribution in [0.5, 0.6) is 0 Å². The van der Waals surface area contributed by atoms with E-state index in [-0.39, 0.29) is 0 Å². The number of hydrogen-bond donors (Lipinski definition) is 0. The second kappa shape index (κ2) is 3.69. The summed E-state index contributed by atoms with van der Waals surface area (Å²) in [7, 11) is 0. The average molecular weight is 193 g/mol. The summed E-state index contributed by atoms with van der Waals surface area (Å²) in [4.78, 5) is 2.68. The third-order valence-electron chi connectivity index (χ3n) is 3.95. The first kappa shape index (κ1) is 10.2. The van der Waals surface area contributed by atoms with Crippen molar-refractivity contribution in [1.29, 1.82) is 0 Å². The van der Waals surface area contributed by atoms with Crippen molar-refractivity contribution in [2.75, 3.05) is 0 Å². The van der Waals surface area contributed by atoms with Gasteiger partial charge in [-0.05, 0) is 38.5 Å². The first-order valence-corrected chi connectivity index (χ1v) is 6.05. The Morgan fingerprint density at radius 2 is 1.50 bits per heavy atom. The molecule has 0 aromatic heterocycles. The molecular formula is C13H23N. The average Bonchev–Trinajstić information content (AvgIpc) is 2.37. The van der Waals surface area contributed by atoms with Crippen molar-refractivity contribution in [3.63, 3.8) is 0 Å². The monoisotopic (exact) mass is 193 g/mol. The summed E-state index contributed by atoms with van der Waals surface area (Å²) in [5.41, 5.74) is 0. The van der Waals surface area contributed by atoms with Crippen molar-refractivity contribution in [3.05, 3.63) is 12.2 Å². The lowest BCUT2D eigenvalue weighted by molar-refractivity contribution is 0.0709. The summed E-state index contributed by atoms with van der Waals surface area (Å²) in [6.07, 6.45) is 7.63. The fraction of sp³-hybridized carbons (Fsp3) is 0.846. The third kappa shape index (κ3) is 1.63. The molecule has 0 aromatic rings. The molecule has 0 saturated carbocycles. The summed E-state index contributed by atoms with van der Waals surface area (Å²) < 4.78 is 0. The van der Waals surface area contributed by atoms with E-state index < -0.39 is 0 Å². The summed E-state index contributed by atoms with van der Waals surface area (Å²) in [5, 5.41) is 0. The van der Waals surface area contributed by atoms with E-state index in [1.165, 1.54) is 12.8 Å². The second-order valence-corrected chi connectivity index (χ2v) is 5.54. The second-order valence-electron chi connectivity index (χ2n) is 5.54. The molecule has 2 aliphatic rings. The molecule has 80 valence electrons. The SMILES string of the molecule is CC(C)C1CC2C=CC(C1)N2C(C)C. The van der Waals surface area contributed by atoms with Gasteiger partial charge >= 0.3 is 0 Å². The lowest BCUT2D eigenvalue weighted by Crippen LogP contribution is -2.48. The predicted molar refractivity (Wildman–Crippen MR) is 61.3 cm³/mol. The minimum Gasteiger partial charge on any atom is -0.288 e. The van der Waals surface area contributed by atoms with Gasteiger partial charge < -0.3 is 0 Å². The molecule has 2 aliphatic heterocycles. The van der Waals surface area contributed by atoms with Gasteiger partial charge in [-0.2, -0.15) is 0 Å². The van der Waals surface area contributed by atoms with Gasteiger partial charge in [0.1, 0.15) is 0 Å². The Kier molecular flexibility index (Phi) is 2.70. The maximum Gasteiger partial charge on any atom is 0.0290 e. The standard InChI is InChI=1S/C13H23N/c1-9(2)11-7-12-5-6-13(8-11)14(12)10(3)4/h5-6,9-13H,7-8H2,1-4H3. The summed E-state index contributed by atoms with van der Waals surface area (Å²) in [6.45, 7) is 9.38. The molecule has 0 N–H and O–H groups in total. The third-order valence-corrected chi connectivity index (χ3v) is 3.95. The van der Waals surface area contributed by atoms with Gasteiger partial charge in [-0.1, -0.05) is 26.0 Å². The first-order valence-electron chi connectivity index (χ1n) is 6.05. The van der Waals surface area contributed by atoms with Crippen LogP contribution in [0.4, 0.5) is 0 Å². The number of rotatable bonds is 2. The molecule has 0 aliphatic carbocycles. The van der Waals surface area contributed by atoms with E-state index in [0.717, 1.165) is 23.9 Å². The lowest BCUT2D eigenvalue weighted by Gasteiger charge is -2.42. The van der Waals surface area contributed by atoms with Crippen LogP contribution >= 0.6 is 0 Å². The highest BCUT2D eigenvalue weighted by atomic mass is 15.2. The van der Waals surface area contributed by atoms with Crippen LogP contribution in [0.2, 0.25) is 0 Å². The minimum absolute atomic E-state index is 0.702. The van der Waals surface area contributed by atoms with E-state index in [2.05, 4.69) is 44.7 Å². The largest absolute Gasteiger partial charge is 0.288 e. The Labute approximate surface area is 88.2 Å². The molecule has 0 aromatic carbocycles. The molecule has 0 spiro atoms. The predicted octanol–water partition coefficient (Wildman–Crippen LogP) is 3.07. The molecule has 1 fully saturated rings. The van der Waals surface area contributed by atoms with E-state index in [9.17, 15) is 0 Å². The topological polar surface area (TPSA) is 3.24 Å². The molecular weight excluding hydrogens is 170 g/mol. The van der Waals surface area contributed by atoms with Crippen LogP contribution in [0.3, 0.4) is 0 Å². The molecule has 14 heavy (non-hydrogen) atoms. The van der Waals surface area contributed by atoms with E-state index in [1.54, 1.807) is 0 Å². The number of nitrogens with zero attached hydrogens (tertiary/aromatic N) is 1. The van der Waals surface area contributed by atoms with Crippen molar-refractivity contribution in [1.82, 2.24) is 4.90 Å². The Balaban J connectivity index is 2.07. The van der Waals surface area contributed by atoms with Crippen molar-refractivity contribution in [3.8, 4) is 0 Å². The molecule has 1 nitrogen and oxygen atoms in total. The molecule has 2 rings (SSSR count). The molecule has 1 saturated heterocycles. The van der Waals surface area contributed by atoms with Crippen molar-refractivity contribution < 1.29 is 0 Å². The summed E-state index contributed by atoms with van der Waals surface area (Å²) >= 11 is 0. The highest BCUT2D eigenvalue weighted by Gasteiger charge is 2.38. The zero-order valence-corrected chi connectivity index (χ0v) is 9.90. The van der Waals surface area contributed by atoms with Gasteiger partial charge in [-0.3, -0.25) is 4.90 Å². The summed E-state index contributed by atoms with van der Waals surface area (Å²) in [6, 6.07) is 2.18. The normalized spacial score (nSPS) is 37.4. The van der Waals surface area contributed by atoms with Crippen LogP contribution in [0, 0.1) is 11.8 Å². The van der Waals surface area contributed by atoms with Gasteiger partial charge in [-0.25, -0.2) is 0 Å². The first-order chi connectivity index (χ1) is 6.59. The lowest BCUT2D eigenvalue weighted by atomic mass is 9.82. The highest BCUT2D eigenvalue weighted by molar-refractivity contribution is 5.15. The highest BCUT2D eigenvalue weighted by Crippen LogP contribution is 2.38. The van der Waals surface area contributed by atoms with Crippen LogP contribution in [-0.4, -0.2) is 23.0 Å². The number of hydrogen-bond acceptors (Lipinski definition) is 1. The molecule has 0 amide bonds. The van der Waals surface area contributed by atoms with Crippen LogP contribution in [-0.2, 0) is 0 Å². The number of piperidine rings is 1. The molecule has 1 heteroatoms. The van der Waals surface area contributed by atoms with Crippen molar-refractivity contribution >= 4 is 0 Å². The zero-order chi connectivity index (χ0) is 10.3. The Hall–Kier alpha value is -0.300. The van der Waals surface area contributed by atoms with E-state index in [4.69, 9.17) is 0 Å². The van der Waals surface area contributed by atoms with Crippen LogP contribution in [0.15, 0.2) is 12.2 Å². The molecule has 2 atom stereocenters. The fourth-order valence-corrected chi connectivity index (χ4v) is 3.13. The van der Waals surface area contributed by atoms with Crippen molar-refractivity contribution in [2.24, 2.45) is 11.8 Å². The van der Waals surface area contributed by atoms with E-state index in [0.29, 0.717) is 6.04 Å². The molecule has 2 unspecified atom stereocenters. The van der Waals surface area contributed by atoms with Gasteiger partial charge in [0.25, 0.3) is 0 Å². The van der Waals surface area contributed by atoms with Crippen LogP contribution < -0.4 is 0 Å². The summed E-state index contributed by atoms with van der Waals surface area (Å²) in [5.74, 6) is 1.80. The Bertz CT molecular complexity index is 213. The quantitative estimate of drug-likeness (QED) is 0.609. The van der Waals surface area contributed by atoms with Crippen molar-refractivity contribution in [2.45, 2.75) is 58.7 Å². The van der Waals surface area contributed by atoms with Gasteiger partial charge in [-0.15, -0.1) is 0 Å². The number of fused-ring (bicyclic) bond motifs is 2. The smallest absolute Gasteiger partial charge is 0.0290 e. The van der Waals surface area contributed by atoms with E-state index in [1.807, 2.05) is 0 Å². The van der Waals surface area contributed by atoms with Gasteiger partial charge in [0.05, 0.1) is 0 Å². The van der Waals surface area contributed by atoms with Gasteiger partial charge in [0.2, 0.25) is 0 Å². The maximum atomic E-state index is 2.68. The van der Waals surface area contributed by atoms with Crippen LogP contribution in [0.25, 0.3) is 0 Å². The van der Waals surface area contributed by atoms with E-state index >= 15 is 0 Å². The zero-order valence-electron chi connectivity index (χ0n) is 9.90. The molecule has 0 radical (unpaired) electrons. The molecule has 2 heterocycles. The van der Waals surface area contributed by atoms with Gasteiger partial charge in [0, 0.05) is 18.1 Å². The van der Waals surface area contributed by atoms with Gasteiger partial charge in [0.15, 0.2) is 0 Å². The minimum atomic E-state index is 0.702.